The van der Waals surface area contributed by atoms with Crippen LogP contribution in [0.1, 0.15) is 47.5 Å². The number of amides is 1. The monoisotopic (exact) mass is 402 g/mol. The number of carbonyl (C=O) groups excluding carboxylic acids is 1. The van der Waals surface area contributed by atoms with Crippen LogP contribution in [0.5, 0.6) is 0 Å². The molecule has 1 aromatic carbocycles. The van der Waals surface area contributed by atoms with Crippen molar-refractivity contribution in [2.24, 2.45) is 0 Å². The van der Waals surface area contributed by atoms with Crippen molar-refractivity contribution in [1.82, 2.24) is 25.4 Å². The fraction of sp³-hybridized carbons (Fsp3) is 0.368. The highest BCUT2D eigenvalue weighted by molar-refractivity contribution is 6.28. The summed E-state index contributed by atoms with van der Waals surface area (Å²) in [6.07, 6.45) is 3.50. The highest BCUT2D eigenvalue weighted by Crippen LogP contribution is 2.16. The van der Waals surface area contributed by atoms with Gasteiger partial charge in [0.25, 0.3) is 5.91 Å². The third-order valence-corrected chi connectivity index (χ3v) is 4.29. The second-order valence-electron chi connectivity index (χ2n) is 6.30. The third-order valence-electron chi connectivity index (χ3n) is 4.12. The molecule has 0 aliphatic carbocycles. The minimum Gasteiger partial charge on any atom is -0.368 e. The summed E-state index contributed by atoms with van der Waals surface area (Å²) in [5.74, 6) is 1.05. The summed E-state index contributed by atoms with van der Waals surface area (Å²) < 4.78 is 5.21. The molecule has 0 saturated carbocycles. The van der Waals surface area contributed by atoms with Gasteiger partial charge in [-0.25, -0.2) is 4.98 Å². The molecule has 1 amide bonds. The standard InChI is InChI=1S/C19H23ClN6O2/c1-2-3-11-21-17-16(24-19(20)25-17)18(27)22-12-15-23-14(26-28-15)10-9-13-7-5-4-6-8-13/h4-8,21H,2-3,9-12H2,1H3,(H,22,27)(H,24,25). The van der Waals surface area contributed by atoms with E-state index in [1.54, 1.807) is 0 Å². The molecule has 0 spiro atoms. The van der Waals surface area contributed by atoms with E-state index in [0.717, 1.165) is 19.3 Å². The van der Waals surface area contributed by atoms with Crippen molar-refractivity contribution in [3.05, 3.63) is 58.6 Å². The molecule has 0 aliphatic rings. The van der Waals surface area contributed by atoms with E-state index in [2.05, 4.69) is 49.8 Å². The number of H-pyrrole nitrogens is 1. The van der Waals surface area contributed by atoms with Gasteiger partial charge < -0.3 is 20.1 Å². The van der Waals surface area contributed by atoms with Crippen molar-refractivity contribution in [1.29, 1.82) is 0 Å². The molecule has 0 fully saturated rings. The molecule has 3 aromatic rings. The fourth-order valence-corrected chi connectivity index (χ4v) is 2.81. The number of aryl methyl sites for hydroxylation is 2. The molecular formula is C19H23ClN6O2. The van der Waals surface area contributed by atoms with Gasteiger partial charge in [-0.2, -0.15) is 4.98 Å². The number of nitrogens with one attached hydrogen (secondary N) is 3. The van der Waals surface area contributed by atoms with Crippen molar-refractivity contribution < 1.29 is 9.32 Å². The van der Waals surface area contributed by atoms with Gasteiger partial charge in [0.2, 0.25) is 11.2 Å². The third kappa shape index (κ3) is 5.56. The van der Waals surface area contributed by atoms with Crippen LogP contribution in [0.25, 0.3) is 0 Å². The summed E-state index contributed by atoms with van der Waals surface area (Å²) in [7, 11) is 0. The van der Waals surface area contributed by atoms with Crippen molar-refractivity contribution >= 4 is 23.3 Å². The summed E-state index contributed by atoms with van der Waals surface area (Å²) in [6.45, 7) is 2.93. The first-order valence-corrected chi connectivity index (χ1v) is 9.66. The maximum atomic E-state index is 12.4. The summed E-state index contributed by atoms with van der Waals surface area (Å²) in [5.41, 5.74) is 1.49. The van der Waals surface area contributed by atoms with Gasteiger partial charge >= 0.3 is 0 Å². The van der Waals surface area contributed by atoms with Gasteiger partial charge in [0.15, 0.2) is 11.6 Å². The molecule has 0 saturated heterocycles. The van der Waals surface area contributed by atoms with Crippen LogP contribution in [-0.4, -0.2) is 32.6 Å². The van der Waals surface area contributed by atoms with Gasteiger partial charge in [-0.3, -0.25) is 4.79 Å². The van der Waals surface area contributed by atoms with Crippen LogP contribution in [0.4, 0.5) is 5.82 Å². The maximum Gasteiger partial charge on any atom is 0.272 e. The van der Waals surface area contributed by atoms with Gasteiger partial charge in [0.05, 0.1) is 6.54 Å². The number of anilines is 1. The van der Waals surface area contributed by atoms with E-state index in [0.29, 0.717) is 30.5 Å². The highest BCUT2D eigenvalue weighted by atomic mass is 35.5. The minimum atomic E-state index is -0.345. The van der Waals surface area contributed by atoms with E-state index in [4.69, 9.17) is 16.1 Å². The molecule has 2 heterocycles. The summed E-state index contributed by atoms with van der Waals surface area (Å²) in [5, 5.41) is 9.97. The topological polar surface area (TPSA) is 109 Å². The zero-order valence-corrected chi connectivity index (χ0v) is 16.4. The molecule has 0 atom stereocenters. The molecule has 9 heteroatoms. The minimum absolute atomic E-state index is 0.127. The Balaban J connectivity index is 1.52. The van der Waals surface area contributed by atoms with Crippen LogP contribution >= 0.6 is 11.6 Å². The Hall–Kier alpha value is -2.87. The Bertz CT molecular complexity index is 893. The second-order valence-corrected chi connectivity index (χ2v) is 6.66. The molecule has 0 aliphatic heterocycles. The molecule has 148 valence electrons. The Kier molecular flexibility index (Phi) is 7.02. The number of aromatic amines is 1. The first-order valence-electron chi connectivity index (χ1n) is 9.28. The van der Waals surface area contributed by atoms with E-state index in [1.807, 2.05) is 18.2 Å². The van der Waals surface area contributed by atoms with Crippen molar-refractivity contribution in [3.63, 3.8) is 0 Å². The van der Waals surface area contributed by atoms with Crippen LogP contribution in [0.15, 0.2) is 34.9 Å². The molecule has 8 nitrogen and oxygen atoms in total. The van der Waals surface area contributed by atoms with Crippen molar-refractivity contribution in [2.45, 2.75) is 39.2 Å². The number of halogens is 1. The van der Waals surface area contributed by atoms with Crippen molar-refractivity contribution in [3.8, 4) is 0 Å². The predicted molar refractivity (Wildman–Crippen MR) is 106 cm³/mol. The van der Waals surface area contributed by atoms with Crippen LogP contribution in [0.3, 0.4) is 0 Å². The molecule has 0 bridgehead atoms. The first-order chi connectivity index (χ1) is 13.7. The zero-order valence-electron chi connectivity index (χ0n) is 15.7. The van der Waals surface area contributed by atoms with Gasteiger partial charge in [0, 0.05) is 13.0 Å². The Morgan fingerprint density at radius 1 is 1.21 bits per heavy atom. The van der Waals surface area contributed by atoms with Gasteiger partial charge in [-0.05, 0) is 30.0 Å². The molecular weight excluding hydrogens is 380 g/mol. The van der Waals surface area contributed by atoms with Crippen molar-refractivity contribution in [2.75, 3.05) is 11.9 Å². The average Bonchev–Trinajstić information content (AvgIpc) is 3.32. The average molecular weight is 403 g/mol. The quantitative estimate of drug-likeness (QED) is 0.448. The number of rotatable bonds is 10. The number of unbranched alkanes of at least 4 members (excludes halogenated alkanes) is 1. The number of imidazole rings is 1. The lowest BCUT2D eigenvalue weighted by molar-refractivity contribution is 0.0942. The van der Waals surface area contributed by atoms with Crippen LogP contribution in [-0.2, 0) is 19.4 Å². The Morgan fingerprint density at radius 2 is 2.04 bits per heavy atom. The molecule has 0 radical (unpaired) electrons. The molecule has 3 rings (SSSR count). The molecule has 3 N–H and O–H groups in total. The van der Waals surface area contributed by atoms with E-state index >= 15 is 0 Å². The number of aromatic nitrogens is 4. The number of carbonyl (C=O) groups is 1. The summed E-state index contributed by atoms with van der Waals surface area (Å²) in [6, 6.07) is 10.1. The Labute approximate surface area is 168 Å². The summed E-state index contributed by atoms with van der Waals surface area (Å²) >= 11 is 5.90. The van der Waals surface area contributed by atoms with Gasteiger partial charge in [0.1, 0.15) is 5.69 Å². The first kappa shape index (κ1) is 19.9. The maximum absolute atomic E-state index is 12.4. The molecule has 0 unspecified atom stereocenters. The number of hydrogen-bond acceptors (Lipinski definition) is 6. The highest BCUT2D eigenvalue weighted by Gasteiger charge is 2.17. The van der Waals surface area contributed by atoms with Gasteiger partial charge in [-0.15, -0.1) is 0 Å². The van der Waals surface area contributed by atoms with E-state index < -0.39 is 0 Å². The normalized spacial score (nSPS) is 10.8. The predicted octanol–water partition coefficient (Wildman–Crippen LogP) is 3.37. The summed E-state index contributed by atoms with van der Waals surface area (Å²) in [4.78, 5) is 23.6. The lowest BCUT2D eigenvalue weighted by atomic mass is 10.1. The number of benzene rings is 1. The van der Waals surface area contributed by atoms with E-state index in [9.17, 15) is 4.79 Å². The second kappa shape index (κ2) is 9.89. The van der Waals surface area contributed by atoms with Crippen LogP contribution < -0.4 is 10.6 Å². The lowest BCUT2D eigenvalue weighted by Gasteiger charge is -2.05. The SMILES string of the molecule is CCCCNc1nc(Cl)[nH]c1C(=O)NCc1nc(CCc2ccccc2)no1. The zero-order chi connectivity index (χ0) is 19.8. The smallest absolute Gasteiger partial charge is 0.272 e. The van der Waals surface area contributed by atoms with E-state index in [-0.39, 0.29) is 23.4 Å². The fourth-order valence-electron chi connectivity index (χ4n) is 2.63. The lowest BCUT2D eigenvalue weighted by Crippen LogP contribution is -2.24. The van der Waals surface area contributed by atoms with E-state index in [1.165, 1.54) is 5.56 Å². The molecule has 28 heavy (non-hydrogen) atoms. The van der Waals surface area contributed by atoms with Gasteiger partial charge in [-0.1, -0.05) is 48.8 Å². The molecule has 2 aromatic heterocycles. The number of nitrogens with zero attached hydrogens (tertiary/aromatic N) is 3. The largest absolute Gasteiger partial charge is 0.368 e. The Morgan fingerprint density at radius 3 is 2.82 bits per heavy atom. The van der Waals surface area contributed by atoms with Crippen LogP contribution in [0, 0.1) is 0 Å². The number of hydrogen-bond donors (Lipinski definition) is 3. The van der Waals surface area contributed by atoms with Crippen LogP contribution in [0.2, 0.25) is 5.28 Å².